The number of nitrogens with zero attached hydrogens (tertiary/aromatic N) is 1. The number of hydrogen-bond acceptors (Lipinski definition) is 4. The molecule has 3 N–H and O–H groups in total. The summed E-state index contributed by atoms with van der Waals surface area (Å²) in [5.41, 5.74) is 7.49. The molecule has 0 bridgehead atoms. The molecule has 0 spiro atoms. The molecule has 116 valence electrons. The smallest absolute Gasteiger partial charge is 0.119 e. The van der Waals surface area contributed by atoms with Crippen molar-refractivity contribution < 1.29 is 9.84 Å². The lowest BCUT2D eigenvalue weighted by atomic mass is 9.98. The number of ether oxygens (including phenoxy) is 1. The lowest BCUT2D eigenvalue weighted by molar-refractivity contribution is 0.115. The van der Waals surface area contributed by atoms with E-state index in [2.05, 4.69) is 24.0 Å². The summed E-state index contributed by atoms with van der Waals surface area (Å²) in [5, 5.41) is 10.1. The van der Waals surface area contributed by atoms with Crippen LogP contribution in [0.2, 0.25) is 0 Å². The van der Waals surface area contributed by atoms with Crippen molar-refractivity contribution in [2.45, 2.75) is 38.0 Å². The fourth-order valence-electron chi connectivity index (χ4n) is 4.17. The van der Waals surface area contributed by atoms with Gasteiger partial charge in [-0.25, -0.2) is 0 Å². The molecule has 3 rings (SSSR count). The Balaban J connectivity index is 1.82. The molecule has 4 nitrogen and oxygen atoms in total. The first kappa shape index (κ1) is 14.8. The topological polar surface area (TPSA) is 58.7 Å². The van der Waals surface area contributed by atoms with Gasteiger partial charge in [-0.15, -0.1) is 0 Å². The Kier molecular flexibility index (Phi) is 4.20. The summed E-state index contributed by atoms with van der Waals surface area (Å²) in [6.07, 6.45) is 1.98. The van der Waals surface area contributed by atoms with E-state index in [0.29, 0.717) is 11.8 Å². The molecule has 2 aliphatic rings. The van der Waals surface area contributed by atoms with Gasteiger partial charge < -0.3 is 15.6 Å². The van der Waals surface area contributed by atoms with E-state index in [4.69, 9.17) is 10.5 Å². The molecule has 5 unspecified atom stereocenters. The Hall–Kier alpha value is -1.10. The van der Waals surface area contributed by atoms with E-state index in [1.807, 2.05) is 12.1 Å². The first-order valence-corrected chi connectivity index (χ1v) is 7.91. The highest BCUT2D eigenvalue weighted by atomic mass is 16.5. The minimum atomic E-state index is -0.126. The summed E-state index contributed by atoms with van der Waals surface area (Å²) >= 11 is 0. The Bertz CT molecular complexity index is 491. The molecular formula is C17H26N2O2. The Morgan fingerprint density at radius 3 is 2.81 bits per heavy atom. The van der Waals surface area contributed by atoms with Gasteiger partial charge in [0.25, 0.3) is 0 Å². The van der Waals surface area contributed by atoms with E-state index in [9.17, 15) is 5.11 Å². The number of hydrogen-bond donors (Lipinski definition) is 2. The maximum absolute atomic E-state index is 10.1. The van der Waals surface area contributed by atoms with Gasteiger partial charge in [-0.3, -0.25) is 4.90 Å². The van der Waals surface area contributed by atoms with Gasteiger partial charge in [0.1, 0.15) is 5.75 Å². The molecule has 1 aromatic carbocycles. The SMILES string of the molecule is COc1cccc(C(C(C)N)N2CC3CCC(O)C3C2)c1. The summed E-state index contributed by atoms with van der Waals surface area (Å²) in [7, 11) is 1.69. The summed E-state index contributed by atoms with van der Waals surface area (Å²) in [6.45, 7) is 4.06. The highest BCUT2D eigenvalue weighted by Gasteiger charge is 2.44. The Morgan fingerprint density at radius 2 is 2.14 bits per heavy atom. The molecule has 1 aliphatic heterocycles. The van der Waals surface area contributed by atoms with Crippen molar-refractivity contribution in [2.75, 3.05) is 20.2 Å². The number of nitrogens with two attached hydrogens (primary N) is 1. The quantitative estimate of drug-likeness (QED) is 0.887. The van der Waals surface area contributed by atoms with Gasteiger partial charge in [0, 0.05) is 31.1 Å². The monoisotopic (exact) mass is 290 g/mol. The average Bonchev–Trinajstić information content (AvgIpc) is 3.02. The average molecular weight is 290 g/mol. The van der Waals surface area contributed by atoms with E-state index in [1.165, 1.54) is 5.56 Å². The van der Waals surface area contributed by atoms with Crippen molar-refractivity contribution >= 4 is 0 Å². The second-order valence-corrected chi connectivity index (χ2v) is 6.60. The third kappa shape index (κ3) is 2.80. The normalized spacial score (nSPS) is 31.9. The van der Waals surface area contributed by atoms with Crippen molar-refractivity contribution in [1.82, 2.24) is 4.90 Å². The molecule has 0 radical (unpaired) electrons. The van der Waals surface area contributed by atoms with Crippen LogP contribution in [0.5, 0.6) is 5.75 Å². The molecule has 1 heterocycles. The second kappa shape index (κ2) is 5.95. The van der Waals surface area contributed by atoms with Crippen LogP contribution in [0.3, 0.4) is 0 Å². The van der Waals surface area contributed by atoms with Crippen LogP contribution in [-0.4, -0.2) is 42.4 Å². The van der Waals surface area contributed by atoms with E-state index in [1.54, 1.807) is 7.11 Å². The predicted octanol–water partition coefficient (Wildman–Crippen LogP) is 1.79. The van der Waals surface area contributed by atoms with Crippen LogP contribution in [0.4, 0.5) is 0 Å². The summed E-state index contributed by atoms with van der Waals surface area (Å²) < 4.78 is 5.34. The van der Waals surface area contributed by atoms with Crippen molar-refractivity contribution in [3.8, 4) is 5.75 Å². The summed E-state index contributed by atoms with van der Waals surface area (Å²) in [6, 6.07) is 8.44. The number of likely N-dealkylation sites (tertiary alicyclic amines) is 1. The highest BCUT2D eigenvalue weighted by Crippen LogP contribution is 2.42. The van der Waals surface area contributed by atoms with Gasteiger partial charge >= 0.3 is 0 Å². The summed E-state index contributed by atoms with van der Waals surface area (Å²) in [4.78, 5) is 2.46. The molecule has 1 saturated heterocycles. The van der Waals surface area contributed by atoms with E-state index >= 15 is 0 Å². The molecule has 2 fully saturated rings. The molecule has 0 aromatic heterocycles. The third-order valence-corrected chi connectivity index (χ3v) is 5.17. The predicted molar refractivity (Wildman–Crippen MR) is 83.2 cm³/mol. The molecule has 0 amide bonds. The zero-order valence-corrected chi connectivity index (χ0v) is 12.9. The van der Waals surface area contributed by atoms with E-state index < -0.39 is 0 Å². The second-order valence-electron chi connectivity index (χ2n) is 6.60. The van der Waals surface area contributed by atoms with Gasteiger partial charge in [0.15, 0.2) is 0 Å². The number of methoxy groups -OCH3 is 1. The first-order chi connectivity index (χ1) is 10.1. The van der Waals surface area contributed by atoms with E-state index in [-0.39, 0.29) is 18.2 Å². The molecule has 21 heavy (non-hydrogen) atoms. The number of benzene rings is 1. The largest absolute Gasteiger partial charge is 0.497 e. The molecule has 1 saturated carbocycles. The summed E-state index contributed by atoms with van der Waals surface area (Å²) in [5.74, 6) is 1.93. The van der Waals surface area contributed by atoms with Crippen molar-refractivity contribution in [1.29, 1.82) is 0 Å². The van der Waals surface area contributed by atoms with Gasteiger partial charge in [-0.05, 0) is 43.4 Å². The molecular weight excluding hydrogens is 264 g/mol. The minimum absolute atomic E-state index is 0.0491. The first-order valence-electron chi connectivity index (χ1n) is 7.91. The highest BCUT2D eigenvalue weighted by molar-refractivity contribution is 5.31. The van der Waals surface area contributed by atoms with Crippen molar-refractivity contribution in [2.24, 2.45) is 17.6 Å². The van der Waals surface area contributed by atoms with Gasteiger partial charge in [0.2, 0.25) is 0 Å². The minimum Gasteiger partial charge on any atom is -0.497 e. The number of fused-ring (bicyclic) bond motifs is 1. The Labute approximate surface area is 126 Å². The van der Waals surface area contributed by atoms with Crippen LogP contribution in [0.15, 0.2) is 24.3 Å². The zero-order chi connectivity index (χ0) is 15.0. The van der Waals surface area contributed by atoms with Crippen LogP contribution in [0, 0.1) is 11.8 Å². The fourth-order valence-corrected chi connectivity index (χ4v) is 4.17. The molecule has 5 atom stereocenters. The zero-order valence-electron chi connectivity index (χ0n) is 12.9. The number of aliphatic hydroxyl groups excluding tert-OH is 1. The lowest BCUT2D eigenvalue weighted by Crippen LogP contribution is -2.39. The van der Waals surface area contributed by atoms with Crippen LogP contribution in [0.25, 0.3) is 0 Å². The van der Waals surface area contributed by atoms with Crippen molar-refractivity contribution in [3.63, 3.8) is 0 Å². The number of rotatable bonds is 4. The third-order valence-electron chi connectivity index (χ3n) is 5.17. The van der Waals surface area contributed by atoms with Crippen LogP contribution in [-0.2, 0) is 0 Å². The molecule has 1 aliphatic carbocycles. The van der Waals surface area contributed by atoms with Gasteiger partial charge in [-0.2, -0.15) is 0 Å². The van der Waals surface area contributed by atoms with Gasteiger partial charge in [-0.1, -0.05) is 12.1 Å². The molecule has 4 heteroatoms. The maximum Gasteiger partial charge on any atom is 0.119 e. The van der Waals surface area contributed by atoms with Gasteiger partial charge in [0.05, 0.1) is 13.2 Å². The molecule has 1 aromatic rings. The number of aliphatic hydroxyl groups is 1. The van der Waals surface area contributed by atoms with Crippen LogP contribution >= 0.6 is 0 Å². The van der Waals surface area contributed by atoms with E-state index in [0.717, 1.165) is 31.7 Å². The maximum atomic E-state index is 10.1. The van der Waals surface area contributed by atoms with Crippen LogP contribution in [0.1, 0.15) is 31.4 Å². The Morgan fingerprint density at radius 1 is 1.33 bits per heavy atom. The van der Waals surface area contributed by atoms with Crippen LogP contribution < -0.4 is 10.5 Å². The standard InChI is InChI=1S/C17H26N2O2/c1-11(18)17(12-4-3-5-14(8-12)21-2)19-9-13-6-7-16(20)15(13)10-19/h3-5,8,11,13,15-17,20H,6-7,9-10,18H2,1-2H3. The lowest BCUT2D eigenvalue weighted by Gasteiger charge is -2.32. The van der Waals surface area contributed by atoms with Crippen molar-refractivity contribution in [3.05, 3.63) is 29.8 Å². The fraction of sp³-hybridized carbons (Fsp3) is 0.647.